The second-order valence-electron chi connectivity index (χ2n) is 4.01. The highest BCUT2D eigenvalue weighted by atomic mass is 16.5. The predicted molar refractivity (Wildman–Crippen MR) is 58.2 cm³/mol. The van der Waals surface area contributed by atoms with Crippen LogP contribution in [0.2, 0.25) is 0 Å². The third kappa shape index (κ3) is 1.79. The molecule has 15 heavy (non-hydrogen) atoms. The fraction of sp³-hybridized carbons (Fsp3) is 0.500. The molecule has 3 nitrogen and oxygen atoms in total. The summed E-state index contributed by atoms with van der Waals surface area (Å²) in [7, 11) is 1.59. The Kier molecular flexibility index (Phi) is 2.82. The number of quaternary nitrogens is 1. The number of ether oxygens (including phenoxy) is 1. The second kappa shape index (κ2) is 4.11. The molecule has 1 aromatic rings. The Balaban J connectivity index is 2.45. The van der Waals surface area contributed by atoms with E-state index in [0.717, 1.165) is 19.4 Å². The van der Waals surface area contributed by atoms with E-state index in [1.54, 1.807) is 7.11 Å². The van der Waals surface area contributed by atoms with Crippen molar-refractivity contribution >= 4 is 0 Å². The van der Waals surface area contributed by atoms with Crippen molar-refractivity contribution in [1.29, 1.82) is 0 Å². The number of hydrogen-bond acceptors (Lipinski definition) is 2. The molecule has 0 aliphatic carbocycles. The van der Waals surface area contributed by atoms with E-state index >= 15 is 0 Å². The molecule has 1 aliphatic heterocycles. The lowest BCUT2D eigenvalue weighted by atomic mass is 9.92. The summed E-state index contributed by atoms with van der Waals surface area (Å²) in [6.07, 6.45) is 2.15. The smallest absolute Gasteiger partial charge is 0.160 e. The Bertz CT molecular complexity index is 363. The number of nitrogens with two attached hydrogens (primary N) is 1. The lowest BCUT2D eigenvalue weighted by Crippen LogP contribution is -2.87. The number of hydrogen-bond donors (Lipinski definition) is 2. The Labute approximate surface area is 90.1 Å². The van der Waals surface area contributed by atoms with E-state index in [4.69, 9.17) is 4.74 Å². The Morgan fingerprint density at radius 3 is 3.00 bits per heavy atom. The van der Waals surface area contributed by atoms with Crippen molar-refractivity contribution in [1.82, 2.24) is 0 Å². The molecule has 0 fully saturated rings. The first-order chi connectivity index (χ1) is 7.26. The molecule has 1 atom stereocenters. The fourth-order valence-corrected chi connectivity index (χ4v) is 2.31. The number of aromatic hydroxyl groups is 1. The maximum Gasteiger partial charge on any atom is 0.160 e. The minimum atomic E-state index is 0.255. The van der Waals surface area contributed by atoms with Crippen molar-refractivity contribution in [3.8, 4) is 11.5 Å². The molecule has 2 rings (SSSR count). The third-order valence-corrected chi connectivity index (χ3v) is 3.14. The van der Waals surface area contributed by atoms with Crippen LogP contribution in [0.5, 0.6) is 11.5 Å². The van der Waals surface area contributed by atoms with Crippen LogP contribution < -0.4 is 10.1 Å². The van der Waals surface area contributed by atoms with E-state index in [9.17, 15) is 5.11 Å². The lowest BCUT2D eigenvalue weighted by Gasteiger charge is -2.23. The van der Waals surface area contributed by atoms with Gasteiger partial charge in [-0.25, -0.2) is 0 Å². The molecular formula is C12H18NO2+. The van der Waals surface area contributed by atoms with Crippen LogP contribution in [-0.4, -0.2) is 18.8 Å². The van der Waals surface area contributed by atoms with Crippen LogP contribution in [0.3, 0.4) is 0 Å². The monoisotopic (exact) mass is 208 g/mol. The molecule has 3 heteroatoms. The zero-order valence-corrected chi connectivity index (χ0v) is 9.29. The second-order valence-corrected chi connectivity index (χ2v) is 4.01. The van der Waals surface area contributed by atoms with Crippen molar-refractivity contribution in [2.75, 3.05) is 13.7 Å². The van der Waals surface area contributed by atoms with Crippen LogP contribution >= 0.6 is 0 Å². The van der Waals surface area contributed by atoms with E-state index in [1.165, 1.54) is 11.1 Å². The van der Waals surface area contributed by atoms with E-state index < -0.39 is 0 Å². The van der Waals surface area contributed by atoms with Gasteiger partial charge in [0.1, 0.15) is 6.04 Å². The van der Waals surface area contributed by atoms with Crippen LogP contribution in [0.1, 0.15) is 30.5 Å². The number of fused-ring (bicyclic) bond motifs is 1. The molecule has 82 valence electrons. The number of methoxy groups -OCH3 is 1. The van der Waals surface area contributed by atoms with Crippen molar-refractivity contribution in [2.24, 2.45) is 0 Å². The summed E-state index contributed by atoms with van der Waals surface area (Å²) in [4.78, 5) is 0. The zero-order valence-electron chi connectivity index (χ0n) is 9.29. The van der Waals surface area contributed by atoms with E-state index in [1.807, 2.05) is 12.1 Å². The topological polar surface area (TPSA) is 46.1 Å². The van der Waals surface area contributed by atoms with Crippen molar-refractivity contribution < 1.29 is 15.2 Å². The number of rotatable bonds is 2. The zero-order chi connectivity index (χ0) is 10.8. The summed E-state index contributed by atoms with van der Waals surface area (Å²) in [5.74, 6) is 0.843. The fourth-order valence-electron chi connectivity index (χ4n) is 2.31. The highest BCUT2D eigenvalue weighted by molar-refractivity contribution is 5.47. The van der Waals surface area contributed by atoms with Gasteiger partial charge < -0.3 is 15.2 Å². The minimum absolute atomic E-state index is 0.255. The molecule has 0 spiro atoms. The Morgan fingerprint density at radius 2 is 2.33 bits per heavy atom. The average Bonchev–Trinajstić information content (AvgIpc) is 2.27. The molecule has 0 radical (unpaired) electrons. The minimum Gasteiger partial charge on any atom is -0.504 e. The summed E-state index contributed by atoms with van der Waals surface area (Å²) in [6.45, 7) is 3.30. The molecule has 0 amide bonds. The van der Waals surface area contributed by atoms with Crippen LogP contribution in [-0.2, 0) is 6.42 Å². The molecule has 1 heterocycles. The largest absolute Gasteiger partial charge is 0.504 e. The maximum absolute atomic E-state index is 9.74. The van der Waals surface area contributed by atoms with Gasteiger partial charge in [-0.2, -0.15) is 0 Å². The van der Waals surface area contributed by atoms with Crippen molar-refractivity contribution in [3.05, 3.63) is 23.3 Å². The molecule has 0 saturated heterocycles. The van der Waals surface area contributed by atoms with E-state index in [2.05, 4.69) is 12.2 Å². The molecule has 0 saturated carbocycles. The van der Waals surface area contributed by atoms with Crippen LogP contribution in [0.4, 0.5) is 0 Å². The summed E-state index contributed by atoms with van der Waals surface area (Å²) >= 11 is 0. The number of phenols is 1. The third-order valence-electron chi connectivity index (χ3n) is 3.14. The van der Waals surface area contributed by atoms with Gasteiger partial charge >= 0.3 is 0 Å². The van der Waals surface area contributed by atoms with Crippen LogP contribution in [0.15, 0.2) is 12.1 Å². The van der Waals surface area contributed by atoms with Crippen molar-refractivity contribution in [2.45, 2.75) is 25.8 Å². The number of phenolic OH excluding ortho intramolecular Hbond substituents is 1. The normalized spacial score (nSPS) is 19.7. The number of benzene rings is 1. The first-order valence-electron chi connectivity index (χ1n) is 5.49. The standard InChI is InChI=1S/C12H17NO2/c1-3-10-9-7-11(14)12(15-2)6-8(9)4-5-13-10/h6-7,10,13-14H,3-5H2,1-2H3/p+1/t10-/m1/s1. The van der Waals surface area contributed by atoms with E-state index in [-0.39, 0.29) is 5.75 Å². The molecule has 1 aromatic carbocycles. The van der Waals surface area contributed by atoms with E-state index in [0.29, 0.717) is 11.8 Å². The van der Waals surface area contributed by atoms with Gasteiger partial charge in [0.25, 0.3) is 0 Å². The Hall–Kier alpha value is -1.22. The quantitative estimate of drug-likeness (QED) is 0.760. The average molecular weight is 208 g/mol. The molecule has 0 unspecified atom stereocenters. The molecule has 0 bridgehead atoms. The highest BCUT2D eigenvalue weighted by Gasteiger charge is 2.23. The maximum atomic E-state index is 9.74. The SMILES string of the molecule is CC[C@H]1[NH2+]CCc2cc(OC)c(O)cc21. The van der Waals surface area contributed by atoms with Gasteiger partial charge in [-0.1, -0.05) is 6.92 Å². The van der Waals surface area contributed by atoms with Crippen molar-refractivity contribution in [3.63, 3.8) is 0 Å². The van der Waals surface area contributed by atoms with Gasteiger partial charge in [0.15, 0.2) is 11.5 Å². The Morgan fingerprint density at radius 1 is 1.53 bits per heavy atom. The lowest BCUT2D eigenvalue weighted by molar-refractivity contribution is -0.699. The summed E-state index contributed by atoms with van der Waals surface area (Å²) in [5, 5.41) is 12.1. The molecular weight excluding hydrogens is 190 g/mol. The van der Waals surface area contributed by atoms with Gasteiger partial charge in [-0.15, -0.1) is 0 Å². The van der Waals surface area contributed by atoms with Gasteiger partial charge in [0.05, 0.1) is 13.7 Å². The molecule has 1 aliphatic rings. The van der Waals surface area contributed by atoms with Gasteiger partial charge in [-0.05, 0) is 17.7 Å². The summed E-state index contributed by atoms with van der Waals surface area (Å²) in [5.41, 5.74) is 2.58. The highest BCUT2D eigenvalue weighted by Crippen LogP contribution is 2.33. The van der Waals surface area contributed by atoms with Gasteiger partial charge in [-0.3, -0.25) is 0 Å². The first-order valence-corrected chi connectivity index (χ1v) is 5.49. The summed E-state index contributed by atoms with van der Waals surface area (Å²) < 4.78 is 5.12. The van der Waals surface area contributed by atoms with Crippen LogP contribution in [0, 0.1) is 0 Å². The predicted octanol–water partition coefficient (Wildman–Crippen LogP) is 0.971. The summed E-state index contributed by atoms with van der Waals surface area (Å²) in [6, 6.07) is 4.32. The van der Waals surface area contributed by atoms with Gasteiger partial charge in [0.2, 0.25) is 0 Å². The van der Waals surface area contributed by atoms with Gasteiger partial charge in [0, 0.05) is 18.4 Å². The molecule has 3 N–H and O–H groups in total. The molecule has 0 aromatic heterocycles. The first kappa shape index (κ1) is 10.3. The van der Waals surface area contributed by atoms with Crippen LogP contribution in [0.25, 0.3) is 0 Å².